The fraction of sp³-hybridized carbons (Fsp3) is 0. The van der Waals surface area contributed by atoms with Gasteiger partial charge in [0.05, 0.1) is 4.53 Å². The number of hydrogen-bond donors (Lipinski definition) is 0. The van der Waals surface area contributed by atoms with E-state index < -0.39 is 0 Å². The lowest BCUT2D eigenvalue weighted by Crippen LogP contribution is -2.23. The number of benzene rings is 2. The second kappa shape index (κ2) is 8.06. The van der Waals surface area contributed by atoms with Crippen molar-refractivity contribution in [2.75, 3.05) is 0 Å². The van der Waals surface area contributed by atoms with E-state index in [0.29, 0.717) is 21.1 Å². The maximum absolute atomic E-state index is 12.7. The summed E-state index contributed by atoms with van der Waals surface area (Å²) in [5, 5.41) is 6.33. The Labute approximate surface area is 179 Å². The normalized spacial score (nSPS) is 12.2. The molecule has 7 heteroatoms. The highest BCUT2D eigenvalue weighted by Gasteiger charge is 2.09. The highest BCUT2D eigenvalue weighted by Crippen LogP contribution is 2.22. The van der Waals surface area contributed by atoms with Crippen LogP contribution in [0.1, 0.15) is 16.3 Å². The Morgan fingerprint density at radius 1 is 0.933 bits per heavy atom. The maximum Gasteiger partial charge on any atom is 0.291 e. The summed E-state index contributed by atoms with van der Waals surface area (Å²) in [6.07, 6.45) is 5.60. The first kappa shape index (κ1) is 18.5. The number of ether oxygens (including phenoxy) is 1. The first-order valence-electron chi connectivity index (χ1n) is 9.20. The second-order valence-corrected chi connectivity index (χ2v) is 8.40. The molecule has 0 saturated carbocycles. The summed E-state index contributed by atoms with van der Waals surface area (Å²) in [6, 6.07) is 21.2. The lowest BCUT2D eigenvalue weighted by molar-refractivity contribution is 0.482. The molecular weight excluding hydrogens is 414 g/mol. The van der Waals surface area contributed by atoms with Gasteiger partial charge < -0.3 is 4.74 Å². The van der Waals surface area contributed by atoms with Gasteiger partial charge in [-0.25, -0.2) is 0 Å². The van der Waals surface area contributed by atoms with Crippen LogP contribution in [-0.4, -0.2) is 14.6 Å². The number of hydrogen-bond acceptors (Lipinski definition) is 6. The largest absolute Gasteiger partial charge is 0.457 e. The van der Waals surface area contributed by atoms with Crippen molar-refractivity contribution in [3.05, 3.63) is 103 Å². The first-order chi connectivity index (χ1) is 14.7. The van der Waals surface area contributed by atoms with E-state index in [2.05, 4.69) is 10.1 Å². The van der Waals surface area contributed by atoms with Gasteiger partial charge in [-0.3, -0.25) is 4.79 Å². The molecule has 5 rings (SSSR count). The third kappa shape index (κ3) is 3.94. The number of fused-ring (bicyclic) bond motifs is 1. The van der Waals surface area contributed by atoms with E-state index in [-0.39, 0.29) is 5.56 Å². The molecule has 5 aromatic rings. The quantitative estimate of drug-likeness (QED) is 0.406. The highest BCUT2D eigenvalue weighted by atomic mass is 32.1. The zero-order valence-corrected chi connectivity index (χ0v) is 17.3. The molecule has 146 valence electrons. The van der Waals surface area contributed by atoms with Crippen LogP contribution in [0.3, 0.4) is 0 Å². The SMILES string of the molecule is O=c1c(=Cc2cccc(Oc3ccccc3)c2)sc2nc(C=Cc3cccs3)nn12. The fourth-order valence-electron chi connectivity index (χ4n) is 2.91. The van der Waals surface area contributed by atoms with E-state index in [9.17, 15) is 4.79 Å². The van der Waals surface area contributed by atoms with Crippen LogP contribution in [0.2, 0.25) is 0 Å². The van der Waals surface area contributed by atoms with Gasteiger partial charge in [-0.2, -0.15) is 9.50 Å². The zero-order valence-electron chi connectivity index (χ0n) is 15.6. The Bertz CT molecular complexity index is 1440. The van der Waals surface area contributed by atoms with Crippen LogP contribution in [0.15, 0.2) is 76.9 Å². The average Bonchev–Trinajstić information content (AvgIpc) is 3.47. The van der Waals surface area contributed by atoms with Crippen LogP contribution in [0.4, 0.5) is 0 Å². The number of thiophene rings is 1. The smallest absolute Gasteiger partial charge is 0.291 e. The van der Waals surface area contributed by atoms with Crippen molar-refractivity contribution in [2.24, 2.45) is 0 Å². The maximum atomic E-state index is 12.7. The van der Waals surface area contributed by atoms with Crippen molar-refractivity contribution < 1.29 is 4.74 Å². The molecule has 0 bridgehead atoms. The van der Waals surface area contributed by atoms with Gasteiger partial charge in [-0.05, 0) is 59.5 Å². The summed E-state index contributed by atoms with van der Waals surface area (Å²) in [5.41, 5.74) is 0.704. The topological polar surface area (TPSA) is 56.5 Å². The molecule has 0 aliphatic heterocycles. The molecule has 0 fully saturated rings. The van der Waals surface area contributed by atoms with Gasteiger partial charge in [0, 0.05) is 4.88 Å². The van der Waals surface area contributed by atoms with Crippen molar-refractivity contribution in [3.8, 4) is 11.5 Å². The summed E-state index contributed by atoms with van der Waals surface area (Å²) in [5.74, 6) is 2.00. The summed E-state index contributed by atoms with van der Waals surface area (Å²) < 4.78 is 7.81. The zero-order chi connectivity index (χ0) is 20.3. The molecule has 0 spiro atoms. The lowest BCUT2D eigenvalue weighted by atomic mass is 10.2. The van der Waals surface area contributed by atoms with Crippen LogP contribution in [0.25, 0.3) is 23.2 Å². The summed E-state index contributed by atoms with van der Waals surface area (Å²) in [7, 11) is 0. The van der Waals surface area contributed by atoms with Crippen molar-refractivity contribution in [2.45, 2.75) is 0 Å². The van der Waals surface area contributed by atoms with Crippen LogP contribution in [0, 0.1) is 0 Å². The molecule has 30 heavy (non-hydrogen) atoms. The van der Waals surface area contributed by atoms with Gasteiger partial charge in [0.15, 0.2) is 5.82 Å². The predicted octanol–water partition coefficient (Wildman–Crippen LogP) is 4.72. The van der Waals surface area contributed by atoms with Crippen molar-refractivity contribution in [1.29, 1.82) is 0 Å². The fourth-order valence-corrected chi connectivity index (χ4v) is 4.44. The minimum atomic E-state index is -0.173. The molecule has 2 aromatic carbocycles. The number of rotatable bonds is 5. The number of aromatic nitrogens is 3. The Balaban J connectivity index is 1.43. The van der Waals surface area contributed by atoms with Crippen LogP contribution in [0.5, 0.6) is 11.5 Å². The molecule has 0 aliphatic rings. The van der Waals surface area contributed by atoms with E-state index in [4.69, 9.17) is 4.74 Å². The minimum absolute atomic E-state index is 0.173. The van der Waals surface area contributed by atoms with E-state index in [1.54, 1.807) is 11.3 Å². The van der Waals surface area contributed by atoms with Gasteiger partial charge in [0.1, 0.15) is 11.5 Å². The number of nitrogens with zero attached hydrogens (tertiary/aromatic N) is 3. The molecule has 0 aliphatic carbocycles. The summed E-state index contributed by atoms with van der Waals surface area (Å²) in [4.78, 5) is 18.9. The van der Waals surface area contributed by atoms with E-state index >= 15 is 0 Å². The van der Waals surface area contributed by atoms with Crippen LogP contribution >= 0.6 is 22.7 Å². The van der Waals surface area contributed by atoms with Crippen molar-refractivity contribution in [3.63, 3.8) is 0 Å². The molecule has 3 heterocycles. The van der Waals surface area contributed by atoms with Gasteiger partial charge in [0.2, 0.25) is 4.96 Å². The van der Waals surface area contributed by atoms with E-state index in [1.165, 1.54) is 15.9 Å². The molecule has 0 saturated heterocycles. The molecular formula is C23H15N3O2S2. The highest BCUT2D eigenvalue weighted by molar-refractivity contribution is 7.15. The first-order valence-corrected chi connectivity index (χ1v) is 10.9. The third-order valence-electron chi connectivity index (χ3n) is 4.27. The van der Waals surface area contributed by atoms with Gasteiger partial charge in [0.25, 0.3) is 5.56 Å². The van der Waals surface area contributed by atoms with E-state index in [0.717, 1.165) is 16.2 Å². The van der Waals surface area contributed by atoms with Crippen molar-refractivity contribution >= 4 is 45.9 Å². The van der Waals surface area contributed by atoms with E-state index in [1.807, 2.05) is 90.3 Å². The molecule has 0 radical (unpaired) electrons. The van der Waals surface area contributed by atoms with Gasteiger partial charge in [-0.15, -0.1) is 16.4 Å². The standard InChI is InChI=1S/C23H15N3O2S2/c27-22-20(15-16-6-4-9-18(14-16)28-17-7-2-1-3-8-17)30-23-24-21(25-26(22)23)12-11-19-10-5-13-29-19/h1-15H. The number of thiazole rings is 1. The Kier molecular flexibility index (Phi) is 4.96. The molecule has 0 unspecified atom stereocenters. The Morgan fingerprint density at radius 2 is 1.80 bits per heavy atom. The predicted molar refractivity (Wildman–Crippen MR) is 122 cm³/mol. The second-order valence-electron chi connectivity index (χ2n) is 6.42. The lowest BCUT2D eigenvalue weighted by Gasteiger charge is -2.05. The number of para-hydroxylation sites is 1. The summed E-state index contributed by atoms with van der Waals surface area (Å²) >= 11 is 2.96. The minimum Gasteiger partial charge on any atom is -0.457 e. The third-order valence-corrected chi connectivity index (χ3v) is 6.07. The Hall–Kier alpha value is -3.55. The van der Waals surface area contributed by atoms with Crippen LogP contribution < -0.4 is 14.8 Å². The average molecular weight is 430 g/mol. The van der Waals surface area contributed by atoms with Crippen molar-refractivity contribution in [1.82, 2.24) is 14.6 Å². The van der Waals surface area contributed by atoms with Crippen LogP contribution in [-0.2, 0) is 0 Å². The summed E-state index contributed by atoms with van der Waals surface area (Å²) in [6.45, 7) is 0. The van der Waals surface area contributed by atoms with Gasteiger partial charge in [-0.1, -0.05) is 47.7 Å². The Morgan fingerprint density at radius 3 is 2.60 bits per heavy atom. The molecule has 0 atom stereocenters. The molecule has 3 aromatic heterocycles. The molecule has 0 N–H and O–H groups in total. The molecule has 5 nitrogen and oxygen atoms in total. The van der Waals surface area contributed by atoms with Gasteiger partial charge >= 0.3 is 0 Å². The molecule has 0 amide bonds. The monoisotopic (exact) mass is 429 g/mol.